The molecule has 0 saturated heterocycles. The molecule has 1 aromatic rings. The molecule has 3 fully saturated rings. The van der Waals surface area contributed by atoms with E-state index in [9.17, 15) is 13.2 Å². The fraction of sp³-hybridized carbons (Fsp3) is 0.818. The summed E-state index contributed by atoms with van der Waals surface area (Å²) in [6.45, 7) is 5.89. The fourth-order valence-electron chi connectivity index (χ4n) is 7.70. The van der Waals surface area contributed by atoms with Crippen LogP contribution in [0.25, 0.3) is 0 Å². The lowest BCUT2D eigenvalue weighted by Gasteiger charge is -2.44. The number of halogens is 3. The highest BCUT2D eigenvalue weighted by Crippen LogP contribution is 2.42. The van der Waals surface area contributed by atoms with Crippen molar-refractivity contribution in [3.63, 3.8) is 0 Å². The normalized spacial score (nSPS) is 26.2. The van der Waals surface area contributed by atoms with Crippen LogP contribution in [0.1, 0.15) is 127 Å². The predicted molar refractivity (Wildman–Crippen MR) is 150 cm³/mol. The Hall–Kier alpha value is -1.07. The van der Waals surface area contributed by atoms with Crippen molar-refractivity contribution >= 4 is 0 Å². The van der Waals surface area contributed by atoms with Gasteiger partial charge in [0.25, 0.3) is 0 Å². The van der Waals surface area contributed by atoms with Gasteiger partial charge in [0.1, 0.15) is 0 Å². The Kier molecular flexibility index (Phi) is 11.9. The van der Waals surface area contributed by atoms with Gasteiger partial charge in [-0.25, -0.2) is 0 Å². The first-order chi connectivity index (χ1) is 18.4. The summed E-state index contributed by atoms with van der Waals surface area (Å²) in [7, 11) is 0. The molecule has 216 valence electrons. The molecule has 3 aliphatic carbocycles. The van der Waals surface area contributed by atoms with E-state index in [4.69, 9.17) is 4.74 Å². The monoisotopic (exact) mass is 535 g/mol. The third kappa shape index (κ3) is 8.98. The first-order valence-corrected chi connectivity index (χ1v) is 15.9. The Morgan fingerprint density at radius 2 is 1.32 bits per heavy atom. The first kappa shape index (κ1) is 29.9. The van der Waals surface area contributed by atoms with Crippen molar-refractivity contribution in [3.8, 4) is 0 Å². The molecule has 2 nitrogen and oxygen atoms in total. The molecule has 5 heteroatoms. The van der Waals surface area contributed by atoms with E-state index in [0.29, 0.717) is 17.9 Å². The maximum absolute atomic E-state index is 13.3. The molecular formula is C33H52F3NO. The molecular weight excluding hydrogens is 483 g/mol. The van der Waals surface area contributed by atoms with Gasteiger partial charge in [-0.3, -0.25) is 4.90 Å². The second-order valence-corrected chi connectivity index (χ2v) is 12.6. The standard InChI is InChI=1S/C33H52F3NO/c1-2-38-24-21-28-13-18-32(31(25-28)29-14-16-30(17-15-29)33(34,35)36)37(22-19-26-9-5-3-6-10-26)23-20-27-11-7-4-8-12-27/h14-17,26-28,31-32H,2-13,18-25H2,1H3. The SMILES string of the molecule is CCOCCC1CCC(N(CCC2CCCCC2)CCC2CCCCC2)C(c2ccc(C(F)(F)F)cc2)C1. The summed E-state index contributed by atoms with van der Waals surface area (Å²) in [5, 5.41) is 0. The van der Waals surface area contributed by atoms with Crippen LogP contribution in [0.2, 0.25) is 0 Å². The highest BCUT2D eigenvalue weighted by atomic mass is 19.4. The molecule has 1 aromatic carbocycles. The van der Waals surface area contributed by atoms with E-state index < -0.39 is 11.7 Å². The molecule has 0 aliphatic heterocycles. The number of hydrogen-bond donors (Lipinski definition) is 0. The van der Waals surface area contributed by atoms with Crippen molar-refractivity contribution < 1.29 is 17.9 Å². The third-order valence-electron chi connectivity index (χ3n) is 10.0. The molecule has 38 heavy (non-hydrogen) atoms. The van der Waals surface area contributed by atoms with Crippen LogP contribution >= 0.6 is 0 Å². The van der Waals surface area contributed by atoms with Crippen LogP contribution in [0, 0.1) is 17.8 Å². The van der Waals surface area contributed by atoms with Gasteiger partial charge in [-0.05, 0) is 99.9 Å². The highest BCUT2D eigenvalue weighted by molar-refractivity contribution is 5.29. The van der Waals surface area contributed by atoms with Crippen LogP contribution in [0.3, 0.4) is 0 Å². The maximum atomic E-state index is 13.3. The zero-order valence-electron chi connectivity index (χ0n) is 23.8. The lowest BCUT2D eigenvalue weighted by Crippen LogP contribution is -2.45. The number of alkyl halides is 3. The number of ether oxygens (including phenoxy) is 1. The smallest absolute Gasteiger partial charge is 0.382 e. The summed E-state index contributed by atoms with van der Waals surface area (Å²) >= 11 is 0. The summed E-state index contributed by atoms with van der Waals surface area (Å²) < 4.78 is 45.7. The van der Waals surface area contributed by atoms with Gasteiger partial charge in [0.15, 0.2) is 0 Å². The first-order valence-electron chi connectivity index (χ1n) is 15.9. The zero-order valence-corrected chi connectivity index (χ0v) is 23.8. The van der Waals surface area contributed by atoms with Crippen LogP contribution in [0.5, 0.6) is 0 Å². The lowest BCUT2D eigenvalue weighted by atomic mass is 9.72. The number of benzene rings is 1. The average molecular weight is 536 g/mol. The van der Waals surface area contributed by atoms with Gasteiger partial charge in [-0.1, -0.05) is 76.3 Å². The molecule has 0 radical (unpaired) electrons. The van der Waals surface area contributed by atoms with E-state index in [1.165, 1.54) is 95.6 Å². The van der Waals surface area contributed by atoms with Crippen LogP contribution in [-0.4, -0.2) is 37.2 Å². The predicted octanol–water partition coefficient (Wildman–Crippen LogP) is 9.63. The van der Waals surface area contributed by atoms with Crippen molar-refractivity contribution in [2.24, 2.45) is 17.8 Å². The minimum Gasteiger partial charge on any atom is -0.382 e. The van der Waals surface area contributed by atoms with Gasteiger partial charge in [-0.15, -0.1) is 0 Å². The van der Waals surface area contributed by atoms with Crippen LogP contribution < -0.4 is 0 Å². The quantitative estimate of drug-likeness (QED) is 0.247. The van der Waals surface area contributed by atoms with Crippen molar-refractivity contribution in [1.29, 1.82) is 0 Å². The molecule has 0 bridgehead atoms. The average Bonchev–Trinajstić information content (AvgIpc) is 2.94. The van der Waals surface area contributed by atoms with Crippen LogP contribution in [-0.2, 0) is 10.9 Å². The molecule has 0 amide bonds. The molecule has 3 unspecified atom stereocenters. The van der Waals surface area contributed by atoms with Crippen LogP contribution in [0.4, 0.5) is 13.2 Å². The Labute approximate surface area is 230 Å². The lowest BCUT2D eigenvalue weighted by molar-refractivity contribution is -0.137. The van der Waals surface area contributed by atoms with E-state index in [2.05, 4.69) is 4.90 Å². The minimum atomic E-state index is -4.28. The maximum Gasteiger partial charge on any atom is 0.416 e. The van der Waals surface area contributed by atoms with Gasteiger partial charge >= 0.3 is 6.18 Å². The van der Waals surface area contributed by atoms with E-state index in [1.54, 1.807) is 12.1 Å². The van der Waals surface area contributed by atoms with Crippen molar-refractivity contribution in [3.05, 3.63) is 35.4 Å². The second kappa shape index (κ2) is 15.1. The van der Waals surface area contributed by atoms with Crippen molar-refractivity contribution in [1.82, 2.24) is 4.90 Å². The second-order valence-electron chi connectivity index (χ2n) is 12.6. The molecule has 3 aliphatic rings. The molecule has 4 rings (SSSR count). The summed E-state index contributed by atoms with van der Waals surface area (Å²) in [5.41, 5.74) is 0.567. The van der Waals surface area contributed by atoms with Gasteiger partial charge < -0.3 is 4.74 Å². The summed E-state index contributed by atoms with van der Waals surface area (Å²) in [6.07, 6.45) is 16.6. The number of nitrogens with zero attached hydrogens (tertiary/aromatic N) is 1. The Morgan fingerprint density at radius 1 is 0.737 bits per heavy atom. The van der Waals surface area contributed by atoms with Gasteiger partial charge in [0, 0.05) is 19.3 Å². The van der Waals surface area contributed by atoms with Gasteiger partial charge in [-0.2, -0.15) is 13.2 Å². The number of hydrogen-bond acceptors (Lipinski definition) is 2. The minimum absolute atomic E-state index is 0.301. The summed E-state index contributed by atoms with van der Waals surface area (Å²) in [6, 6.07) is 6.62. The molecule has 3 atom stereocenters. The Bertz CT molecular complexity index is 760. The van der Waals surface area contributed by atoms with Crippen molar-refractivity contribution in [2.45, 2.75) is 128 Å². The third-order valence-corrected chi connectivity index (χ3v) is 10.0. The summed E-state index contributed by atoms with van der Waals surface area (Å²) in [5.74, 6) is 2.60. The molecule has 0 aromatic heterocycles. The molecule has 0 N–H and O–H groups in total. The molecule has 0 spiro atoms. The van der Waals surface area contributed by atoms with E-state index >= 15 is 0 Å². The summed E-state index contributed by atoms with van der Waals surface area (Å²) in [4.78, 5) is 2.81. The largest absolute Gasteiger partial charge is 0.416 e. The number of rotatable bonds is 12. The van der Waals surface area contributed by atoms with E-state index in [0.717, 1.165) is 63.0 Å². The van der Waals surface area contributed by atoms with Crippen molar-refractivity contribution in [2.75, 3.05) is 26.3 Å². The Balaban J connectivity index is 1.51. The van der Waals surface area contributed by atoms with E-state index in [1.807, 2.05) is 6.92 Å². The van der Waals surface area contributed by atoms with Crippen LogP contribution in [0.15, 0.2) is 24.3 Å². The fourth-order valence-corrected chi connectivity index (χ4v) is 7.70. The topological polar surface area (TPSA) is 12.5 Å². The Morgan fingerprint density at radius 3 is 1.84 bits per heavy atom. The van der Waals surface area contributed by atoms with Gasteiger partial charge in [0.2, 0.25) is 0 Å². The van der Waals surface area contributed by atoms with E-state index in [-0.39, 0.29) is 0 Å². The van der Waals surface area contributed by atoms with Gasteiger partial charge in [0.05, 0.1) is 5.56 Å². The highest BCUT2D eigenvalue weighted by Gasteiger charge is 2.36. The molecule has 0 heterocycles. The zero-order chi connectivity index (χ0) is 26.8. The molecule has 3 saturated carbocycles.